The highest BCUT2D eigenvalue weighted by Gasteiger charge is 2.11. The summed E-state index contributed by atoms with van der Waals surface area (Å²) in [5.74, 6) is 0. The average Bonchev–Trinajstić information content (AvgIpc) is 1.85. The van der Waals surface area contributed by atoms with Gasteiger partial charge in [0.2, 0.25) is 0 Å². The molecule has 0 atom stereocenters. The molecule has 0 amide bonds. The van der Waals surface area contributed by atoms with Crippen molar-refractivity contribution >= 4 is 98.1 Å². The summed E-state index contributed by atoms with van der Waals surface area (Å²) in [5.41, 5.74) is 21.3. The topological polar surface area (TPSA) is 39.4 Å². The zero-order valence-corrected chi connectivity index (χ0v) is 53.4. The molecule has 3 heterocycles. The summed E-state index contributed by atoms with van der Waals surface area (Å²) in [6.07, 6.45) is 0. The Morgan fingerprint density at radius 1 is 0.204 bits per heavy atom. The Kier molecular flexibility index (Phi) is 18.0. The first-order valence-corrected chi connectivity index (χ1v) is 31.9. The number of benzene rings is 15. The smallest absolute Gasteiger partial charge is 0.138 e. The third-order valence-electron chi connectivity index (χ3n) is 17.2. The van der Waals surface area contributed by atoms with Crippen molar-refractivity contribution in [3.05, 3.63) is 361 Å². The molecule has 18 rings (SSSR count). The lowest BCUT2D eigenvalue weighted by atomic mass is 9.94. The standard InChI is InChI=1S/3C17H14.3C13H10O/c1-13-7-5-10-15-11-6-12-16(17(13)15)14-8-3-2-4-9-14;1-13-11-12-14-7-5-6-10-16(14)17(13)15-8-3-2-4-9-15;1-13-7-8-17-12-16(10-9-15(17)11-13)14-5-3-2-4-6-14;1-9-5-4-7-11-10-6-2-3-8-12(10)14-13(9)11;1-9-6-7-13-11(8-9)10-4-2-3-5-12(10)14-13;1-9-6-7-11-10-4-2-3-5-12(10)14-13(11)8-9/h3*2-12H,1H3;3*2-8H,1H3. The lowest BCUT2D eigenvalue weighted by molar-refractivity contribution is 0.665. The molecular weight excluding hydrogens is 1130 g/mol. The molecule has 0 saturated carbocycles. The van der Waals surface area contributed by atoms with E-state index in [1.54, 1.807) is 0 Å². The predicted octanol–water partition coefficient (Wildman–Crippen LogP) is 26.1. The summed E-state index contributed by atoms with van der Waals surface area (Å²) in [6.45, 7) is 12.7. The predicted molar refractivity (Wildman–Crippen MR) is 398 cm³/mol. The fourth-order valence-electron chi connectivity index (χ4n) is 12.5. The number of furan rings is 3. The van der Waals surface area contributed by atoms with Gasteiger partial charge >= 0.3 is 0 Å². The van der Waals surface area contributed by atoms with Crippen LogP contribution >= 0.6 is 0 Å². The normalized spacial score (nSPS) is 10.9. The second-order valence-corrected chi connectivity index (χ2v) is 23.9. The van der Waals surface area contributed by atoms with E-state index in [2.05, 4.69) is 302 Å². The van der Waals surface area contributed by atoms with Gasteiger partial charge in [-0.1, -0.05) is 296 Å². The third kappa shape index (κ3) is 13.5. The largest absolute Gasteiger partial charge is 0.456 e. The molecule has 0 fully saturated rings. The molecule has 0 saturated heterocycles. The SMILES string of the molecule is Cc1ccc2c(c1)oc1ccccc12.Cc1ccc2cc(-c3ccccc3)ccc2c1.Cc1ccc2ccccc2c1-c1ccccc1.Cc1ccc2oc3ccccc3c2c1.Cc1cccc2c1oc1ccccc12.Cc1cccc2cccc(-c3ccccc3)c12. The van der Waals surface area contributed by atoms with E-state index in [-0.39, 0.29) is 0 Å². The van der Waals surface area contributed by atoms with Crippen molar-refractivity contribution in [1.82, 2.24) is 0 Å². The van der Waals surface area contributed by atoms with E-state index in [0.29, 0.717) is 0 Å². The summed E-state index contributed by atoms with van der Waals surface area (Å²) >= 11 is 0. The molecule has 450 valence electrons. The van der Waals surface area contributed by atoms with Crippen LogP contribution in [-0.2, 0) is 0 Å². The van der Waals surface area contributed by atoms with Gasteiger partial charge in [0, 0.05) is 32.3 Å². The van der Waals surface area contributed by atoms with E-state index in [9.17, 15) is 0 Å². The fourth-order valence-corrected chi connectivity index (χ4v) is 12.5. The Labute approximate surface area is 544 Å². The molecule has 3 nitrogen and oxygen atoms in total. The van der Waals surface area contributed by atoms with Gasteiger partial charge in [-0.2, -0.15) is 0 Å². The summed E-state index contributed by atoms with van der Waals surface area (Å²) < 4.78 is 17.2. The molecule has 3 aromatic heterocycles. The minimum atomic E-state index is 0.966. The van der Waals surface area contributed by atoms with Gasteiger partial charge in [-0.25, -0.2) is 0 Å². The second-order valence-electron chi connectivity index (χ2n) is 23.9. The zero-order valence-electron chi connectivity index (χ0n) is 53.4. The Balaban J connectivity index is 0.000000102. The molecule has 0 N–H and O–H groups in total. The van der Waals surface area contributed by atoms with Gasteiger partial charge in [0.1, 0.15) is 33.5 Å². The molecule has 0 bridgehead atoms. The van der Waals surface area contributed by atoms with Gasteiger partial charge in [-0.3, -0.25) is 0 Å². The second kappa shape index (κ2) is 27.7. The fraction of sp³-hybridized carbons (Fsp3) is 0.0667. The molecule has 3 heteroatoms. The van der Waals surface area contributed by atoms with Gasteiger partial charge in [-0.15, -0.1) is 0 Å². The molecule has 0 aliphatic heterocycles. The van der Waals surface area contributed by atoms with Gasteiger partial charge in [0.15, 0.2) is 0 Å². The highest BCUT2D eigenvalue weighted by Crippen LogP contribution is 2.35. The van der Waals surface area contributed by atoms with Crippen molar-refractivity contribution in [2.75, 3.05) is 0 Å². The lowest BCUT2D eigenvalue weighted by Gasteiger charge is -2.10. The van der Waals surface area contributed by atoms with Crippen LogP contribution < -0.4 is 0 Å². The van der Waals surface area contributed by atoms with Crippen LogP contribution in [-0.4, -0.2) is 0 Å². The van der Waals surface area contributed by atoms with Gasteiger partial charge in [0.25, 0.3) is 0 Å². The number of aryl methyl sites for hydroxylation is 6. The molecule has 0 aliphatic rings. The monoisotopic (exact) mass is 1200 g/mol. The Bertz CT molecular complexity index is 5550. The maximum Gasteiger partial charge on any atom is 0.138 e. The lowest BCUT2D eigenvalue weighted by Crippen LogP contribution is -1.85. The zero-order chi connectivity index (χ0) is 63.6. The van der Waals surface area contributed by atoms with Crippen molar-refractivity contribution in [2.24, 2.45) is 0 Å². The van der Waals surface area contributed by atoms with E-state index < -0.39 is 0 Å². The summed E-state index contributed by atoms with van der Waals surface area (Å²) in [4.78, 5) is 0. The van der Waals surface area contributed by atoms with E-state index >= 15 is 0 Å². The van der Waals surface area contributed by atoms with E-state index in [0.717, 1.165) is 33.5 Å². The molecule has 15 aromatic carbocycles. The molecule has 0 unspecified atom stereocenters. The molecule has 18 aromatic rings. The first-order chi connectivity index (χ1) is 45.6. The van der Waals surface area contributed by atoms with Crippen LogP contribution in [0.15, 0.2) is 341 Å². The summed E-state index contributed by atoms with van der Waals surface area (Å²) in [7, 11) is 0. The third-order valence-corrected chi connectivity index (χ3v) is 17.2. The molecule has 0 aliphatic carbocycles. The minimum Gasteiger partial charge on any atom is -0.456 e. The maximum absolute atomic E-state index is 5.78. The minimum absolute atomic E-state index is 0.966. The highest BCUT2D eigenvalue weighted by molar-refractivity contribution is 6.07. The van der Waals surface area contributed by atoms with Gasteiger partial charge in [-0.05, 0) is 172 Å². The van der Waals surface area contributed by atoms with E-state index in [1.807, 2.05) is 66.7 Å². The Morgan fingerprint density at radius 3 is 1.37 bits per heavy atom. The summed E-state index contributed by atoms with van der Waals surface area (Å²) in [5, 5.41) is 15.1. The molecule has 0 radical (unpaired) electrons. The number of rotatable bonds is 3. The Morgan fingerprint density at radius 2 is 0.656 bits per heavy atom. The number of hydrogen-bond donors (Lipinski definition) is 0. The van der Waals surface area contributed by atoms with Crippen molar-refractivity contribution in [2.45, 2.75) is 41.5 Å². The van der Waals surface area contributed by atoms with E-state index in [1.165, 1.54) is 131 Å². The van der Waals surface area contributed by atoms with Crippen molar-refractivity contribution in [3.8, 4) is 33.4 Å². The highest BCUT2D eigenvalue weighted by atomic mass is 16.3. The molecule has 0 spiro atoms. The van der Waals surface area contributed by atoms with Gasteiger partial charge < -0.3 is 13.3 Å². The van der Waals surface area contributed by atoms with Crippen molar-refractivity contribution < 1.29 is 13.3 Å². The number of para-hydroxylation sites is 4. The molecular formula is C90H72O3. The summed E-state index contributed by atoms with van der Waals surface area (Å²) in [6, 6.07) is 114. The first-order valence-electron chi connectivity index (χ1n) is 31.9. The average molecular weight is 1200 g/mol. The van der Waals surface area contributed by atoms with Crippen LogP contribution in [0.2, 0.25) is 0 Å². The van der Waals surface area contributed by atoms with Crippen LogP contribution in [0, 0.1) is 41.5 Å². The number of hydrogen-bond acceptors (Lipinski definition) is 3. The molecule has 93 heavy (non-hydrogen) atoms. The van der Waals surface area contributed by atoms with Crippen LogP contribution in [0.3, 0.4) is 0 Å². The quantitative estimate of drug-likeness (QED) is 0.177. The van der Waals surface area contributed by atoms with Crippen LogP contribution in [0.1, 0.15) is 33.4 Å². The van der Waals surface area contributed by atoms with Crippen LogP contribution in [0.4, 0.5) is 0 Å². The Hall–Kier alpha value is -11.5. The van der Waals surface area contributed by atoms with Crippen molar-refractivity contribution in [1.29, 1.82) is 0 Å². The van der Waals surface area contributed by atoms with Gasteiger partial charge in [0.05, 0.1) is 0 Å². The maximum atomic E-state index is 5.78. The van der Waals surface area contributed by atoms with Crippen molar-refractivity contribution in [3.63, 3.8) is 0 Å². The first kappa shape index (κ1) is 60.4. The van der Waals surface area contributed by atoms with E-state index in [4.69, 9.17) is 13.3 Å². The van der Waals surface area contributed by atoms with Crippen LogP contribution in [0.25, 0.3) is 132 Å². The number of fused-ring (bicyclic) bond motifs is 12. The van der Waals surface area contributed by atoms with Crippen LogP contribution in [0.5, 0.6) is 0 Å².